The summed E-state index contributed by atoms with van der Waals surface area (Å²) in [6.07, 6.45) is 5.44. The summed E-state index contributed by atoms with van der Waals surface area (Å²) in [6, 6.07) is 8.37. The highest BCUT2D eigenvalue weighted by atomic mass is 16.4. The molecule has 0 bridgehead atoms. The fourth-order valence-electron chi connectivity index (χ4n) is 3.36. The van der Waals surface area contributed by atoms with Crippen LogP contribution in [0.15, 0.2) is 28.7 Å². The maximum Gasteiger partial charge on any atom is 0.247 e. The van der Waals surface area contributed by atoms with Crippen molar-refractivity contribution >= 4 is 5.91 Å². The molecule has 1 aliphatic heterocycles. The molecule has 1 atom stereocenters. The zero-order valence-corrected chi connectivity index (χ0v) is 14.5. The van der Waals surface area contributed by atoms with E-state index < -0.39 is 0 Å². The Bertz CT molecular complexity index is 695. The lowest BCUT2D eigenvalue weighted by molar-refractivity contribution is -0.135. The zero-order valence-electron chi connectivity index (χ0n) is 14.5. The summed E-state index contributed by atoms with van der Waals surface area (Å²) in [5.41, 5.74) is 2.07. The van der Waals surface area contributed by atoms with Gasteiger partial charge >= 0.3 is 0 Å². The van der Waals surface area contributed by atoms with Crippen molar-refractivity contribution < 1.29 is 9.21 Å². The van der Waals surface area contributed by atoms with Crippen molar-refractivity contribution in [3.63, 3.8) is 0 Å². The third-order valence-corrected chi connectivity index (χ3v) is 4.70. The molecule has 1 aromatic heterocycles. The molecule has 1 aliphatic rings. The summed E-state index contributed by atoms with van der Waals surface area (Å²) in [7, 11) is 0. The molecule has 5 nitrogen and oxygen atoms in total. The number of hydrogen-bond acceptors (Lipinski definition) is 4. The van der Waals surface area contributed by atoms with Gasteiger partial charge in [-0.2, -0.15) is 0 Å². The van der Waals surface area contributed by atoms with E-state index in [4.69, 9.17) is 4.42 Å². The number of amides is 1. The highest BCUT2D eigenvalue weighted by Gasteiger charge is 2.25. The number of piperidine rings is 1. The van der Waals surface area contributed by atoms with Gasteiger partial charge in [0, 0.05) is 31.0 Å². The quantitative estimate of drug-likeness (QED) is 0.839. The SMILES string of the molecule is CCC1CCCCN1C(=O)CCc1nnc(-c2cccc(C)c2)o1. The summed E-state index contributed by atoms with van der Waals surface area (Å²) in [5, 5.41) is 8.20. The van der Waals surface area contributed by atoms with Crippen LogP contribution < -0.4 is 0 Å². The molecule has 2 heterocycles. The molecule has 1 unspecified atom stereocenters. The Morgan fingerprint density at radius 1 is 1.33 bits per heavy atom. The second-order valence-electron chi connectivity index (χ2n) is 6.52. The van der Waals surface area contributed by atoms with E-state index in [0.29, 0.717) is 30.7 Å². The van der Waals surface area contributed by atoms with Crippen molar-refractivity contribution in [2.24, 2.45) is 0 Å². The first kappa shape index (κ1) is 16.7. The summed E-state index contributed by atoms with van der Waals surface area (Å²) in [5.74, 6) is 1.26. The molecule has 0 radical (unpaired) electrons. The molecule has 0 spiro atoms. The maximum atomic E-state index is 12.5. The van der Waals surface area contributed by atoms with Crippen LogP contribution in [-0.4, -0.2) is 33.6 Å². The monoisotopic (exact) mass is 327 g/mol. The minimum atomic E-state index is 0.205. The van der Waals surface area contributed by atoms with Crippen LogP contribution in [0.25, 0.3) is 11.5 Å². The summed E-state index contributed by atoms with van der Waals surface area (Å²) >= 11 is 0. The van der Waals surface area contributed by atoms with E-state index in [-0.39, 0.29) is 5.91 Å². The van der Waals surface area contributed by atoms with Crippen LogP contribution in [-0.2, 0) is 11.2 Å². The highest BCUT2D eigenvalue weighted by Crippen LogP contribution is 2.22. The van der Waals surface area contributed by atoms with Crippen LogP contribution in [0, 0.1) is 6.92 Å². The number of hydrogen-bond donors (Lipinski definition) is 0. The van der Waals surface area contributed by atoms with Gasteiger partial charge in [0.15, 0.2) is 0 Å². The Morgan fingerprint density at radius 2 is 2.21 bits per heavy atom. The minimum absolute atomic E-state index is 0.205. The van der Waals surface area contributed by atoms with Gasteiger partial charge in [0.2, 0.25) is 17.7 Å². The van der Waals surface area contributed by atoms with Crippen molar-refractivity contribution in [1.82, 2.24) is 15.1 Å². The Balaban J connectivity index is 1.60. The average Bonchev–Trinajstić information content (AvgIpc) is 3.08. The van der Waals surface area contributed by atoms with Crippen molar-refractivity contribution in [2.45, 2.75) is 58.4 Å². The zero-order chi connectivity index (χ0) is 16.9. The van der Waals surface area contributed by atoms with Gasteiger partial charge in [-0.3, -0.25) is 4.79 Å². The minimum Gasteiger partial charge on any atom is -0.421 e. The third-order valence-electron chi connectivity index (χ3n) is 4.70. The third kappa shape index (κ3) is 3.83. The van der Waals surface area contributed by atoms with Gasteiger partial charge in [0.05, 0.1) is 0 Å². The van der Waals surface area contributed by atoms with Gasteiger partial charge in [-0.1, -0.05) is 24.6 Å². The van der Waals surface area contributed by atoms with Crippen LogP contribution >= 0.6 is 0 Å². The molecule has 3 rings (SSSR count). The van der Waals surface area contributed by atoms with Crippen molar-refractivity contribution in [3.8, 4) is 11.5 Å². The number of aryl methyl sites for hydroxylation is 2. The molecule has 24 heavy (non-hydrogen) atoms. The Kier molecular flexibility index (Phi) is 5.28. The Labute approximate surface area is 143 Å². The predicted molar refractivity (Wildman–Crippen MR) is 92.4 cm³/mol. The van der Waals surface area contributed by atoms with Crippen LogP contribution in [0.3, 0.4) is 0 Å². The van der Waals surface area contributed by atoms with Crippen molar-refractivity contribution in [3.05, 3.63) is 35.7 Å². The molecule has 1 saturated heterocycles. The van der Waals surface area contributed by atoms with E-state index >= 15 is 0 Å². The molecule has 1 fully saturated rings. The van der Waals surface area contributed by atoms with E-state index in [1.165, 1.54) is 6.42 Å². The normalized spacial score (nSPS) is 17.9. The molecular weight excluding hydrogens is 302 g/mol. The van der Waals surface area contributed by atoms with E-state index in [0.717, 1.165) is 36.9 Å². The molecule has 128 valence electrons. The smallest absolute Gasteiger partial charge is 0.247 e. The number of likely N-dealkylation sites (tertiary alicyclic amines) is 1. The lowest BCUT2D eigenvalue weighted by atomic mass is 9.99. The van der Waals surface area contributed by atoms with Crippen LogP contribution in [0.2, 0.25) is 0 Å². The number of carbonyl (C=O) groups excluding carboxylic acids is 1. The highest BCUT2D eigenvalue weighted by molar-refractivity contribution is 5.76. The van der Waals surface area contributed by atoms with E-state index in [2.05, 4.69) is 17.1 Å². The van der Waals surface area contributed by atoms with Gasteiger partial charge in [-0.15, -0.1) is 10.2 Å². The van der Waals surface area contributed by atoms with E-state index in [9.17, 15) is 4.79 Å². The largest absolute Gasteiger partial charge is 0.421 e. The van der Waals surface area contributed by atoms with Gasteiger partial charge in [-0.25, -0.2) is 0 Å². The predicted octanol–water partition coefficient (Wildman–Crippen LogP) is 3.77. The molecule has 1 amide bonds. The Hall–Kier alpha value is -2.17. The van der Waals surface area contributed by atoms with Gasteiger partial charge in [-0.05, 0) is 44.7 Å². The molecule has 0 saturated carbocycles. The standard InChI is InChI=1S/C19H25N3O2/c1-3-16-9-4-5-12-22(16)18(23)11-10-17-20-21-19(24-17)15-8-6-7-14(2)13-15/h6-8,13,16H,3-5,9-12H2,1-2H3. The number of benzene rings is 1. The fraction of sp³-hybridized carbons (Fsp3) is 0.526. The Morgan fingerprint density at radius 3 is 3.00 bits per heavy atom. The first-order valence-electron chi connectivity index (χ1n) is 8.86. The number of carbonyl (C=O) groups is 1. The second-order valence-corrected chi connectivity index (χ2v) is 6.52. The molecule has 1 aromatic carbocycles. The number of aromatic nitrogens is 2. The van der Waals surface area contributed by atoms with Crippen molar-refractivity contribution in [2.75, 3.05) is 6.54 Å². The first-order valence-corrected chi connectivity index (χ1v) is 8.86. The molecule has 0 aliphatic carbocycles. The molecular formula is C19H25N3O2. The molecule has 0 N–H and O–H groups in total. The molecule has 5 heteroatoms. The van der Waals surface area contributed by atoms with Gasteiger partial charge in [0.25, 0.3) is 0 Å². The number of nitrogens with zero attached hydrogens (tertiary/aromatic N) is 3. The van der Waals surface area contributed by atoms with Gasteiger partial charge < -0.3 is 9.32 Å². The van der Waals surface area contributed by atoms with Crippen LogP contribution in [0.1, 0.15) is 50.5 Å². The van der Waals surface area contributed by atoms with Crippen LogP contribution in [0.4, 0.5) is 0 Å². The first-order chi connectivity index (χ1) is 11.7. The summed E-state index contributed by atoms with van der Waals surface area (Å²) in [6.45, 7) is 5.07. The lowest BCUT2D eigenvalue weighted by Gasteiger charge is -2.35. The second kappa shape index (κ2) is 7.60. The van der Waals surface area contributed by atoms with Crippen molar-refractivity contribution in [1.29, 1.82) is 0 Å². The maximum absolute atomic E-state index is 12.5. The number of rotatable bonds is 5. The lowest BCUT2D eigenvalue weighted by Crippen LogP contribution is -2.43. The van der Waals surface area contributed by atoms with Gasteiger partial charge in [0.1, 0.15) is 0 Å². The topological polar surface area (TPSA) is 59.2 Å². The van der Waals surface area contributed by atoms with E-state index in [1.807, 2.05) is 36.1 Å². The fourth-order valence-corrected chi connectivity index (χ4v) is 3.36. The van der Waals surface area contributed by atoms with Crippen LogP contribution in [0.5, 0.6) is 0 Å². The van der Waals surface area contributed by atoms with E-state index in [1.54, 1.807) is 0 Å². The molecule has 2 aromatic rings. The average molecular weight is 327 g/mol. The summed E-state index contributed by atoms with van der Waals surface area (Å²) in [4.78, 5) is 14.5. The summed E-state index contributed by atoms with van der Waals surface area (Å²) < 4.78 is 5.72.